The van der Waals surface area contributed by atoms with Gasteiger partial charge in [-0.05, 0) is 69.1 Å². The smallest absolute Gasteiger partial charge is 0.228 e. The lowest BCUT2D eigenvalue weighted by Gasteiger charge is -2.24. The Morgan fingerprint density at radius 2 is 1.79 bits per heavy atom. The second-order valence-corrected chi connectivity index (χ2v) is 7.30. The molecule has 0 amide bonds. The first-order valence-corrected chi connectivity index (χ1v) is 9.61. The Hall–Kier alpha value is -2.86. The van der Waals surface area contributed by atoms with Crippen molar-refractivity contribution in [1.82, 2.24) is 19.9 Å². The molecule has 1 N–H and O–H groups in total. The second-order valence-electron chi connectivity index (χ2n) is 7.30. The minimum absolute atomic E-state index is 0.198. The summed E-state index contributed by atoms with van der Waals surface area (Å²) >= 11 is 0. The number of pyridine rings is 1. The van der Waals surface area contributed by atoms with Crippen LogP contribution in [0.25, 0.3) is 0 Å². The zero-order chi connectivity index (χ0) is 19.5. The molecule has 1 atom stereocenters. The van der Waals surface area contributed by atoms with Crippen LogP contribution in [0.3, 0.4) is 0 Å². The SMILES string of the molecule is Cc1cc(C)nc(Nc2cccc(C3CCCN3Cc3ccc(F)cc3)n2)n1. The van der Waals surface area contributed by atoms with Gasteiger partial charge in [0.15, 0.2) is 0 Å². The van der Waals surface area contributed by atoms with Crippen molar-refractivity contribution in [3.05, 3.63) is 77.0 Å². The zero-order valence-corrected chi connectivity index (χ0v) is 16.2. The highest BCUT2D eigenvalue weighted by Crippen LogP contribution is 2.32. The molecular weight excluding hydrogens is 353 g/mol. The summed E-state index contributed by atoms with van der Waals surface area (Å²) in [6, 6.07) is 15.0. The fraction of sp³-hybridized carbons (Fsp3) is 0.318. The van der Waals surface area contributed by atoms with E-state index in [0.717, 1.165) is 54.4 Å². The van der Waals surface area contributed by atoms with Crippen LogP contribution in [-0.4, -0.2) is 26.4 Å². The summed E-state index contributed by atoms with van der Waals surface area (Å²) in [5.74, 6) is 1.11. The van der Waals surface area contributed by atoms with Crippen molar-refractivity contribution in [3.63, 3.8) is 0 Å². The van der Waals surface area contributed by atoms with E-state index >= 15 is 0 Å². The first-order chi connectivity index (χ1) is 13.6. The van der Waals surface area contributed by atoms with Crippen LogP contribution in [0.15, 0.2) is 48.5 Å². The molecule has 1 fully saturated rings. The first-order valence-electron chi connectivity index (χ1n) is 9.61. The number of hydrogen-bond donors (Lipinski definition) is 1. The molecule has 1 unspecified atom stereocenters. The van der Waals surface area contributed by atoms with Gasteiger partial charge in [0, 0.05) is 17.9 Å². The molecule has 3 aromatic rings. The van der Waals surface area contributed by atoms with Gasteiger partial charge in [0.25, 0.3) is 0 Å². The van der Waals surface area contributed by atoms with Gasteiger partial charge in [-0.15, -0.1) is 0 Å². The van der Waals surface area contributed by atoms with Gasteiger partial charge in [0.1, 0.15) is 11.6 Å². The third-order valence-corrected chi connectivity index (χ3v) is 5.00. The third-order valence-electron chi connectivity index (χ3n) is 5.00. The highest BCUT2D eigenvalue weighted by molar-refractivity contribution is 5.48. The van der Waals surface area contributed by atoms with E-state index in [1.54, 1.807) is 0 Å². The molecule has 0 saturated carbocycles. The molecule has 1 aliphatic heterocycles. The lowest BCUT2D eigenvalue weighted by molar-refractivity contribution is 0.244. The number of rotatable bonds is 5. The highest BCUT2D eigenvalue weighted by Gasteiger charge is 2.27. The number of anilines is 2. The van der Waals surface area contributed by atoms with Gasteiger partial charge in [-0.1, -0.05) is 18.2 Å². The Kier molecular flexibility index (Phi) is 5.30. The lowest BCUT2D eigenvalue weighted by Crippen LogP contribution is -2.23. The van der Waals surface area contributed by atoms with Gasteiger partial charge in [0.05, 0.1) is 11.7 Å². The average molecular weight is 377 g/mol. The normalized spacial score (nSPS) is 17.0. The third kappa shape index (κ3) is 4.34. The Morgan fingerprint density at radius 3 is 2.54 bits per heavy atom. The Labute approximate surface area is 164 Å². The molecule has 4 rings (SSSR count). The number of halogens is 1. The first kappa shape index (κ1) is 18.5. The van der Waals surface area contributed by atoms with Crippen LogP contribution < -0.4 is 5.32 Å². The van der Waals surface area contributed by atoms with Crippen molar-refractivity contribution < 1.29 is 4.39 Å². The summed E-state index contributed by atoms with van der Waals surface area (Å²) < 4.78 is 13.2. The van der Waals surface area contributed by atoms with E-state index in [-0.39, 0.29) is 11.9 Å². The van der Waals surface area contributed by atoms with E-state index in [9.17, 15) is 4.39 Å². The molecule has 0 spiro atoms. The van der Waals surface area contributed by atoms with Crippen molar-refractivity contribution in [2.75, 3.05) is 11.9 Å². The maximum atomic E-state index is 13.2. The number of aryl methyl sites for hydroxylation is 2. The largest absolute Gasteiger partial charge is 0.309 e. The van der Waals surface area contributed by atoms with Gasteiger partial charge in [-0.25, -0.2) is 19.3 Å². The molecule has 144 valence electrons. The highest BCUT2D eigenvalue weighted by atomic mass is 19.1. The quantitative estimate of drug-likeness (QED) is 0.698. The van der Waals surface area contributed by atoms with Crippen LogP contribution in [-0.2, 0) is 6.54 Å². The average Bonchev–Trinajstić information content (AvgIpc) is 3.11. The molecule has 28 heavy (non-hydrogen) atoms. The molecule has 1 saturated heterocycles. The summed E-state index contributed by atoms with van der Waals surface area (Å²) in [6.07, 6.45) is 2.20. The predicted octanol–water partition coefficient (Wildman–Crippen LogP) is 4.71. The molecule has 1 aliphatic rings. The van der Waals surface area contributed by atoms with E-state index in [4.69, 9.17) is 4.98 Å². The number of benzene rings is 1. The number of aromatic nitrogens is 3. The molecular formula is C22H24FN5. The van der Waals surface area contributed by atoms with Gasteiger partial charge in [-0.2, -0.15) is 0 Å². The maximum Gasteiger partial charge on any atom is 0.228 e. The number of hydrogen-bond acceptors (Lipinski definition) is 5. The van der Waals surface area contributed by atoms with Crippen LogP contribution in [0.4, 0.5) is 16.2 Å². The molecule has 0 bridgehead atoms. The maximum absolute atomic E-state index is 13.2. The van der Waals surface area contributed by atoms with E-state index in [0.29, 0.717) is 5.95 Å². The second kappa shape index (κ2) is 8.02. The summed E-state index contributed by atoms with van der Waals surface area (Å²) in [4.78, 5) is 16.1. The molecule has 0 radical (unpaired) electrons. The van der Waals surface area contributed by atoms with Crippen molar-refractivity contribution >= 4 is 11.8 Å². The van der Waals surface area contributed by atoms with Crippen LogP contribution in [0, 0.1) is 19.7 Å². The Morgan fingerprint density at radius 1 is 1.04 bits per heavy atom. The zero-order valence-electron chi connectivity index (χ0n) is 16.2. The summed E-state index contributed by atoms with van der Waals surface area (Å²) in [7, 11) is 0. The number of likely N-dealkylation sites (tertiary alicyclic amines) is 1. The number of nitrogens with one attached hydrogen (secondary N) is 1. The van der Waals surface area contributed by atoms with E-state index < -0.39 is 0 Å². The Bertz CT molecular complexity index is 937. The fourth-order valence-electron chi connectivity index (χ4n) is 3.78. The summed E-state index contributed by atoms with van der Waals surface area (Å²) in [6.45, 7) is 5.72. The topological polar surface area (TPSA) is 53.9 Å². The van der Waals surface area contributed by atoms with Gasteiger partial charge in [-0.3, -0.25) is 4.90 Å². The van der Waals surface area contributed by atoms with Gasteiger partial charge >= 0.3 is 0 Å². The van der Waals surface area contributed by atoms with Crippen LogP contribution in [0.2, 0.25) is 0 Å². The van der Waals surface area contributed by atoms with Crippen LogP contribution in [0.5, 0.6) is 0 Å². The minimum atomic E-state index is -0.198. The van der Waals surface area contributed by atoms with Crippen molar-refractivity contribution in [2.24, 2.45) is 0 Å². The van der Waals surface area contributed by atoms with Gasteiger partial charge < -0.3 is 5.32 Å². The van der Waals surface area contributed by atoms with Crippen LogP contribution >= 0.6 is 0 Å². The predicted molar refractivity (Wildman–Crippen MR) is 108 cm³/mol. The summed E-state index contributed by atoms with van der Waals surface area (Å²) in [5, 5.41) is 3.23. The Balaban J connectivity index is 1.51. The molecule has 1 aromatic carbocycles. The van der Waals surface area contributed by atoms with E-state index in [1.165, 1.54) is 12.1 Å². The molecule has 5 nitrogen and oxygen atoms in total. The van der Waals surface area contributed by atoms with Crippen molar-refractivity contribution in [1.29, 1.82) is 0 Å². The standard InChI is InChI=1S/C22H24FN5/c1-15-13-16(2)25-22(24-15)27-21-7-3-5-19(26-21)20-6-4-12-28(20)14-17-8-10-18(23)11-9-17/h3,5,7-11,13,20H,4,6,12,14H2,1-2H3,(H,24,25,26,27). The number of nitrogens with zero attached hydrogens (tertiary/aromatic N) is 4. The van der Waals surface area contributed by atoms with Crippen molar-refractivity contribution in [3.8, 4) is 0 Å². The molecule has 2 aromatic heterocycles. The molecule has 3 heterocycles. The fourth-order valence-corrected chi connectivity index (χ4v) is 3.78. The molecule has 6 heteroatoms. The van der Waals surface area contributed by atoms with E-state index in [2.05, 4.69) is 26.3 Å². The van der Waals surface area contributed by atoms with Crippen LogP contribution in [0.1, 0.15) is 41.5 Å². The lowest BCUT2D eigenvalue weighted by atomic mass is 10.1. The van der Waals surface area contributed by atoms with E-state index in [1.807, 2.05) is 44.2 Å². The monoisotopic (exact) mass is 377 g/mol. The minimum Gasteiger partial charge on any atom is -0.309 e. The van der Waals surface area contributed by atoms with Crippen molar-refractivity contribution in [2.45, 2.75) is 39.3 Å². The summed E-state index contributed by atoms with van der Waals surface area (Å²) in [5.41, 5.74) is 4.00. The van der Waals surface area contributed by atoms with Gasteiger partial charge in [0.2, 0.25) is 5.95 Å². The molecule has 0 aliphatic carbocycles.